The number of benzene rings is 2. The zero-order chi connectivity index (χ0) is 17.9. The first-order valence-corrected chi connectivity index (χ1v) is 9.12. The molecule has 0 saturated heterocycles. The Bertz CT molecular complexity index is 958. The fraction of sp³-hybridized carbons (Fsp3) is 0.125. The smallest absolute Gasteiger partial charge is 0.265 e. The number of rotatable bonds is 6. The summed E-state index contributed by atoms with van der Waals surface area (Å²) < 4.78 is 34.5. The lowest BCUT2D eigenvalue weighted by Crippen LogP contribution is -2.14. The Morgan fingerprint density at radius 1 is 1.20 bits per heavy atom. The van der Waals surface area contributed by atoms with Crippen LogP contribution in [-0.4, -0.2) is 30.3 Å². The lowest BCUT2D eigenvalue weighted by atomic mass is 10.2. The molecule has 3 rings (SSSR count). The summed E-state index contributed by atoms with van der Waals surface area (Å²) in [6, 6.07) is 11.4. The van der Waals surface area contributed by atoms with Gasteiger partial charge in [0.2, 0.25) is 0 Å². The van der Waals surface area contributed by atoms with E-state index in [0.29, 0.717) is 17.3 Å². The number of anilines is 1. The predicted molar refractivity (Wildman–Crippen MR) is 94.4 cm³/mol. The van der Waals surface area contributed by atoms with Crippen molar-refractivity contribution in [3.63, 3.8) is 0 Å². The second-order valence-corrected chi connectivity index (χ2v) is 7.28. The quantitative estimate of drug-likeness (QED) is 0.712. The van der Waals surface area contributed by atoms with Crippen LogP contribution in [0.4, 0.5) is 5.69 Å². The summed E-state index contributed by atoms with van der Waals surface area (Å²) in [4.78, 5) is 3.86. The summed E-state index contributed by atoms with van der Waals surface area (Å²) in [5.74, 6) is 0.222. The van der Waals surface area contributed by atoms with Crippen LogP contribution in [0.25, 0.3) is 0 Å². The minimum absolute atomic E-state index is 0.0193. The molecule has 1 heterocycles. The summed E-state index contributed by atoms with van der Waals surface area (Å²) >= 11 is 5.91. The second kappa shape index (κ2) is 7.12. The molecule has 0 unspecified atom stereocenters. The Balaban J connectivity index is 1.80. The Morgan fingerprint density at radius 3 is 2.60 bits per heavy atom. The van der Waals surface area contributed by atoms with E-state index < -0.39 is 10.0 Å². The molecular formula is C16H15ClN4O3S. The first kappa shape index (κ1) is 17.2. The number of nitrogens with one attached hydrogen (secondary N) is 1. The maximum atomic E-state index is 12.6. The van der Waals surface area contributed by atoms with Crippen molar-refractivity contribution in [3.05, 3.63) is 65.7 Å². The highest BCUT2D eigenvalue weighted by Gasteiger charge is 2.20. The number of halogens is 1. The second-order valence-electron chi connectivity index (χ2n) is 5.19. The number of nitrogens with zero attached hydrogens (tertiary/aromatic N) is 3. The van der Waals surface area contributed by atoms with Crippen molar-refractivity contribution >= 4 is 27.3 Å². The van der Waals surface area contributed by atoms with Gasteiger partial charge >= 0.3 is 0 Å². The third-order valence-corrected chi connectivity index (χ3v) is 5.07. The van der Waals surface area contributed by atoms with Gasteiger partial charge in [0.15, 0.2) is 0 Å². The van der Waals surface area contributed by atoms with Crippen molar-refractivity contribution in [2.24, 2.45) is 0 Å². The van der Waals surface area contributed by atoms with Crippen LogP contribution >= 0.6 is 11.6 Å². The van der Waals surface area contributed by atoms with Crippen LogP contribution in [0.2, 0.25) is 5.02 Å². The number of hydrogen-bond donors (Lipinski definition) is 1. The maximum Gasteiger partial charge on any atom is 0.265 e. The summed E-state index contributed by atoms with van der Waals surface area (Å²) in [6.07, 6.45) is 3.07. The minimum atomic E-state index is -3.83. The summed E-state index contributed by atoms with van der Waals surface area (Å²) in [6.45, 7) is 0.551. The fourth-order valence-electron chi connectivity index (χ4n) is 2.25. The first-order valence-electron chi connectivity index (χ1n) is 7.25. The number of methoxy groups -OCH3 is 1. The van der Waals surface area contributed by atoms with Crippen molar-refractivity contribution < 1.29 is 13.2 Å². The molecule has 3 aromatic rings. The molecule has 0 amide bonds. The van der Waals surface area contributed by atoms with Gasteiger partial charge in [-0.05, 0) is 35.9 Å². The number of hydrogen-bond acceptors (Lipinski definition) is 5. The van der Waals surface area contributed by atoms with Crippen LogP contribution in [0.5, 0.6) is 5.75 Å². The minimum Gasteiger partial charge on any atom is -0.495 e. The van der Waals surface area contributed by atoms with Gasteiger partial charge in [0.1, 0.15) is 23.3 Å². The van der Waals surface area contributed by atoms with Crippen LogP contribution in [0.15, 0.2) is 60.0 Å². The molecule has 0 aliphatic heterocycles. The predicted octanol–water partition coefficient (Wildman–Crippen LogP) is 2.79. The van der Waals surface area contributed by atoms with Crippen molar-refractivity contribution in [2.75, 3.05) is 11.8 Å². The molecule has 9 heteroatoms. The standard InChI is InChI=1S/C16H15ClN4O3S/c1-24-15-7-4-13(17)8-16(15)25(22,23)20-14-5-2-12(3-6-14)9-21-11-18-10-19-21/h2-8,10-11,20H,9H2,1H3. The highest BCUT2D eigenvalue weighted by Crippen LogP contribution is 2.28. The van der Waals surface area contributed by atoms with Gasteiger partial charge in [-0.3, -0.25) is 4.72 Å². The number of ether oxygens (including phenoxy) is 1. The van der Waals surface area contributed by atoms with Gasteiger partial charge in [-0.25, -0.2) is 18.1 Å². The molecule has 2 aromatic carbocycles. The maximum absolute atomic E-state index is 12.6. The van der Waals surface area contributed by atoms with Crippen LogP contribution in [0.3, 0.4) is 0 Å². The third-order valence-electron chi connectivity index (χ3n) is 3.43. The van der Waals surface area contributed by atoms with E-state index in [1.807, 2.05) is 12.1 Å². The average Bonchev–Trinajstić information content (AvgIpc) is 3.09. The van der Waals surface area contributed by atoms with E-state index >= 15 is 0 Å². The Hall–Kier alpha value is -2.58. The molecule has 7 nitrogen and oxygen atoms in total. The number of aromatic nitrogens is 3. The van der Waals surface area contributed by atoms with Gasteiger partial charge in [0.25, 0.3) is 10.0 Å². The zero-order valence-electron chi connectivity index (χ0n) is 13.3. The lowest BCUT2D eigenvalue weighted by Gasteiger charge is -2.12. The van der Waals surface area contributed by atoms with E-state index in [1.54, 1.807) is 29.2 Å². The Morgan fingerprint density at radius 2 is 1.96 bits per heavy atom. The Labute approximate surface area is 150 Å². The lowest BCUT2D eigenvalue weighted by molar-refractivity contribution is 0.403. The van der Waals surface area contributed by atoms with Gasteiger partial charge in [0, 0.05) is 10.7 Å². The van der Waals surface area contributed by atoms with E-state index in [1.165, 1.54) is 25.6 Å². The molecule has 0 atom stereocenters. The van der Waals surface area contributed by atoms with E-state index in [2.05, 4.69) is 14.8 Å². The molecule has 1 N–H and O–H groups in total. The highest BCUT2D eigenvalue weighted by molar-refractivity contribution is 7.92. The molecule has 0 fully saturated rings. The van der Waals surface area contributed by atoms with E-state index in [-0.39, 0.29) is 10.6 Å². The van der Waals surface area contributed by atoms with Crippen molar-refractivity contribution in [2.45, 2.75) is 11.4 Å². The molecule has 130 valence electrons. The van der Waals surface area contributed by atoms with Crippen LogP contribution < -0.4 is 9.46 Å². The van der Waals surface area contributed by atoms with Crippen molar-refractivity contribution in [1.82, 2.24) is 14.8 Å². The summed E-state index contributed by atoms with van der Waals surface area (Å²) in [5.41, 5.74) is 1.40. The molecular weight excluding hydrogens is 364 g/mol. The summed E-state index contributed by atoms with van der Waals surface area (Å²) in [5, 5.41) is 4.34. The molecule has 0 radical (unpaired) electrons. The Kier molecular flexibility index (Phi) is 4.91. The highest BCUT2D eigenvalue weighted by atomic mass is 35.5. The van der Waals surface area contributed by atoms with Crippen LogP contribution in [0.1, 0.15) is 5.56 Å². The van der Waals surface area contributed by atoms with Gasteiger partial charge in [-0.1, -0.05) is 23.7 Å². The molecule has 25 heavy (non-hydrogen) atoms. The van der Waals surface area contributed by atoms with E-state index in [4.69, 9.17) is 16.3 Å². The third kappa shape index (κ3) is 4.09. The summed E-state index contributed by atoms with van der Waals surface area (Å²) in [7, 11) is -2.42. The molecule has 1 aromatic heterocycles. The van der Waals surface area contributed by atoms with Crippen LogP contribution in [0, 0.1) is 0 Å². The van der Waals surface area contributed by atoms with Crippen molar-refractivity contribution in [1.29, 1.82) is 0 Å². The topological polar surface area (TPSA) is 86.1 Å². The van der Waals surface area contributed by atoms with Gasteiger partial charge in [-0.2, -0.15) is 5.10 Å². The van der Waals surface area contributed by atoms with Crippen molar-refractivity contribution in [3.8, 4) is 5.75 Å². The largest absolute Gasteiger partial charge is 0.495 e. The normalized spacial score (nSPS) is 11.3. The molecule has 0 bridgehead atoms. The molecule has 0 spiro atoms. The molecule has 0 aliphatic rings. The van der Waals surface area contributed by atoms with Gasteiger partial charge in [-0.15, -0.1) is 0 Å². The van der Waals surface area contributed by atoms with Crippen LogP contribution in [-0.2, 0) is 16.6 Å². The monoisotopic (exact) mass is 378 g/mol. The van der Waals surface area contributed by atoms with E-state index in [9.17, 15) is 8.42 Å². The SMILES string of the molecule is COc1ccc(Cl)cc1S(=O)(=O)Nc1ccc(Cn2cncn2)cc1. The fourth-order valence-corrected chi connectivity index (χ4v) is 3.74. The zero-order valence-corrected chi connectivity index (χ0v) is 14.8. The number of sulfonamides is 1. The first-order chi connectivity index (χ1) is 12.0. The van der Waals surface area contributed by atoms with Gasteiger partial charge < -0.3 is 4.74 Å². The van der Waals surface area contributed by atoms with E-state index in [0.717, 1.165) is 5.56 Å². The molecule has 0 aliphatic carbocycles. The van der Waals surface area contributed by atoms with Gasteiger partial charge in [0.05, 0.1) is 13.7 Å². The average molecular weight is 379 g/mol. The molecule has 0 saturated carbocycles.